The van der Waals surface area contributed by atoms with Gasteiger partial charge < -0.3 is 15.6 Å². The summed E-state index contributed by atoms with van der Waals surface area (Å²) in [6.45, 7) is 0.265. The Labute approximate surface area is 113 Å². The summed E-state index contributed by atoms with van der Waals surface area (Å²) in [6, 6.07) is 8.36. The lowest BCUT2D eigenvalue weighted by Crippen LogP contribution is -2.06. The van der Waals surface area contributed by atoms with Crippen LogP contribution >= 0.6 is 22.9 Å². The molecule has 0 aliphatic carbocycles. The second-order valence-corrected chi connectivity index (χ2v) is 5.32. The van der Waals surface area contributed by atoms with Crippen molar-refractivity contribution in [2.75, 3.05) is 5.73 Å². The molecule has 0 radical (unpaired) electrons. The first-order chi connectivity index (χ1) is 8.58. The number of halogens is 1. The van der Waals surface area contributed by atoms with Crippen molar-refractivity contribution in [2.24, 2.45) is 0 Å². The molecule has 0 unspecified atom stereocenters. The van der Waals surface area contributed by atoms with Gasteiger partial charge in [0, 0.05) is 10.6 Å². The van der Waals surface area contributed by atoms with E-state index >= 15 is 0 Å². The van der Waals surface area contributed by atoms with Gasteiger partial charge in [-0.1, -0.05) is 17.7 Å². The fourth-order valence-electron chi connectivity index (χ4n) is 1.48. The van der Waals surface area contributed by atoms with E-state index in [1.807, 2.05) is 6.07 Å². The van der Waals surface area contributed by atoms with Crippen LogP contribution in [0.2, 0.25) is 4.34 Å². The van der Waals surface area contributed by atoms with Crippen LogP contribution in [0.3, 0.4) is 0 Å². The summed E-state index contributed by atoms with van der Waals surface area (Å²) in [5.74, 6) is -0.848. The Kier molecular flexibility index (Phi) is 3.74. The van der Waals surface area contributed by atoms with Crippen LogP contribution in [0.5, 0.6) is 5.75 Å². The number of nitrogen functional groups attached to an aromatic ring is 1. The predicted octanol–water partition coefficient (Wildman–Crippen LogP) is 3.26. The normalized spacial score (nSPS) is 10.3. The first-order valence-corrected chi connectivity index (χ1v) is 6.26. The highest BCUT2D eigenvalue weighted by molar-refractivity contribution is 7.16. The van der Waals surface area contributed by atoms with Crippen LogP contribution in [0.25, 0.3) is 0 Å². The quantitative estimate of drug-likeness (QED) is 0.845. The van der Waals surface area contributed by atoms with Gasteiger partial charge in [-0.25, -0.2) is 4.79 Å². The third-order valence-electron chi connectivity index (χ3n) is 2.27. The van der Waals surface area contributed by atoms with Gasteiger partial charge in [0.2, 0.25) is 0 Å². The molecule has 0 aliphatic heterocycles. The van der Waals surface area contributed by atoms with Gasteiger partial charge >= 0.3 is 5.97 Å². The van der Waals surface area contributed by atoms with Crippen molar-refractivity contribution in [3.8, 4) is 5.75 Å². The van der Waals surface area contributed by atoms with E-state index < -0.39 is 5.97 Å². The highest BCUT2D eigenvalue weighted by Gasteiger charge is 2.15. The molecule has 0 atom stereocenters. The maximum Gasteiger partial charge on any atom is 0.341 e. The topological polar surface area (TPSA) is 72.5 Å². The maximum atomic E-state index is 11.1. The molecule has 0 aliphatic rings. The molecule has 0 amide bonds. The van der Waals surface area contributed by atoms with Crippen molar-refractivity contribution >= 4 is 34.6 Å². The lowest BCUT2D eigenvalue weighted by Gasteiger charge is -2.09. The number of carboxylic acid groups (broad SMARTS) is 1. The lowest BCUT2D eigenvalue weighted by molar-refractivity contribution is 0.0693. The Morgan fingerprint density at radius 3 is 2.78 bits per heavy atom. The molecule has 6 heteroatoms. The highest BCUT2D eigenvalue weighted by Crippen LogP contribution is 2.27. The van der Waals surface area contributed by atoms with Crippen LogP contribution in [0.15, 0.2) is 30.3 Å². The smallest absolute Gasteiger partial charge is 0.341 e. The van der Waals surface area contributed by atoms with Gasteiger partial charge in [-0.05, 0) is 24.3 Å². The van der Waals surface area contributed by atoms with E-state index in [0.29, 0.717) is 4.34 Å². The zero-order chi connectivity index (χ0) is 13.1. The van der Waals surface area contributed by atoms with Crippen molar-refractivity contribution in [3.63, 3.8) is 0 Å². The molecule has 0 saturated heterocycles. The van der Waals surface area contributed by atoms with Crippen LogP contribution in [-0.2, 0) is 6.61 Å². The number of nitrogens with two attached hydrogens (primary N) is 1. The summed E-state index contributed by atoms with van der Waals surface area (Å²) >= 11 is 7.19. The molecular formula is C12H10ClNO3S. The molecule has 0 fully saturated rings. The van der Waals surface area contributed by atoms with Crippen molar-refractivity contribution in [1.82, 2.24) is 0 Å². The van der Waals surface area contributed by atoms with Crippen molar-refractivity contribution in [3.05, 3.63) is 45.1 Å². The minimum atomic E-state index is -1.10. The standard InChI is InChI=1S/C12H10ClNO3S/c13-10-5-4-7(18-10)6-17-9-3-1-2-8(14)11(9)12(15)16/h1-5H,6,14H2,(H,15,16). The predicted molar refractivity (Wildman–Crippen MR) is 71.5 cm³/mol. The number of carboxylic acids is 1. The molecule has 1 heterocycles. The monoisotopic (exact) mass is 283 g/mol. The van der Waals surface area contributed by atoms with Gasteiger partial charge in [-0.2, -0.15) is 0 Å². The summed E-state index contributed by atoms with van der Waals surface area (Å²) in [7, 11) is 0. The lowest BCUT2D eigenvalue weighted by atomic mass is 10.1. The second kappa shape index (κ2) is 5.29. The summed E-state index contributed by atoms with van der Waals surface area (Å²) in [6.07, 6.45) is 0. The molecule has 4 nitrogen and oxygen atoms in total. The molecule has 0 spiro atoms. The van der Waals surface area contributed by atoms with Gasteiger partial charge in [0.05, 0.1) is 4.34 Å². The number of hydrogen-bond donors (Lipinski definition) is 2. The van der Waals surface area contributed by atoms with E-state index in [0.717, 1.165) is 4.88 Å². The number of ether oxygens (including phenoxy) is 1. The van der Waals surface area contributed by atoms with Gasteiger partial charge in [-0.15, -0.1) is 11.3 Å². The number of carbonyl (C=O) groups is 1. The number of thiophene rings is 1. The minimum Gasteiger partial charge on any atom is -0.487 e. The van der Waals surface area contributed by atoms with E-state index in [-0.39, 0.29) is 23.6 Å². The van der Waals surface area contributed by atoms with E-state index in [1.165, 1.54) is 17.4 Å². The molecule has 1 aromatic heterocycles. The van der Waals surface area contributed by atoms with Crippen molar-refractivity contribution in [2.45, 2.75) is 6.61 Å². The Morgan fingerprint density at radius 1 is 1.39 bits per heavy atom. The molecule has 94 valence electrons. The van der Waals surface area contributed by atoms with E-state index in [4.69, 9.17) is 27.2 Å². The number of aromatic carboxylic acids is 1. The SMILES string of the molecule is Nc1cccc(OCc2ccc(Cl)s2)c1C(=O)O. The molecule has 0 bridgehead atoms. The average molecular weight is 284 g/mol. The number of anilines is 1. The number of hydrogen-bond acceptors (Lipinski definition) is 4. The first kappa shape index (κ1) is 12.7. The maximum absolute atomic E-state index is 11.1. The molecule has 3 N–H and O–H groups in total. The van der Waals surface area contributed by atoms with Crippen LogP contribution in [0.1, 0.15) is 15.2 Å². The summed E-state index contributed by atoms with van der Waals surface area (Å²) < 4.78 is 6.14. The third-order valence-corrected chi connectivity index (χ3v) is 3.48. The van der Waals surface area contributed by atoms with E-state index in [2.05, 4.69) is 0 Å². The van der Waals surface area contributed by atoms with Gasteiger partial charge in [-0.3, -0.25) is 0 Å². The Bertz CT molecular complexity index is 582. The zero-order valence-corrected chi connectivity index (χ0v) is 10.8. The molecule has 2 rings (SSSR count). The van der Waals surface area contributed by atoms with Gasteiger partial charge in [0.15, 0.2) is 0 Å². The Morgan fingerprint density at radius 2 is 2.17 bits per heavy atom. The minimum absolute atomic E-state index is 0.0137. The summed E-state index contributed by atoms with van der Waals surface area (Å²) in [5.41, 5.74) is 5.79. The molecule has 0 saturated carbocycles. The Balaban J connectivity index is 2.19. The summed E-state index contributed by atoms with van der Waals surface area (Å²) in [4.78, 5) is 12.0. The van der Waals surface area contributed by atoms with Crippen LogP contribution in [-0.4, -0.2) is 11.1 Å². The van der Waals surface area contributed by atoms with Crippen molar-refractivity contribution < 1.29 is 14.6 Å². The molecular weight excluding hydrogens is 274 g/mol. The largest absolute Gasteiger partial charge is 0.487 e. The van der Waals surface area contributed by atoms with E-state index in [1.54, 1.807) is 18.2 Å². The zero-order valence-electron chi connectivity index (χ0n) is 9.22. The van der Waals surface area contributed by atoms with Gasteiger partial charge in [0.25, 0.3) is 0 Å². The Hall–Kier alpha value is -1.72. The fourth-order valence-corrected chi connectivity index (χ4v) is 2.48. The highest BCUT2D eigenvalue weighted by atomic mass is 35.5. The first-order valence-electron chi connectivity index (χ1n) is 5.06. The molecule has 18 heavy (non-hydrogen) atoms. The van der Waals surface area contributed by atoms with Crippen LogP contribution in [0.4, 0.5) is 5.69 Å². The van der Waals surface area contributed by atoms with E-state index in [9.17, 15) is 4.79 Å². The second-order valence-electron chi connectivity index (χ2n) is 3.52. The molecule has 2 aromatic rings. The van der Waals surface area contributed by atoms with Crippen LogP contribution < -0.4 is 10.5 Å². The number of rotatable bonds is 4. The van der Waals surface area contributed by atoms with Crippen LogP contribution in [0, 0.1) is 0 Å². The number of benzene rings is 1. The van der Waals surface area contributed by atoms with Gasteiger partial charge in [0.1, 0.15) is 17.9 Å². The molecule has 1 aromatic carbocycles. The average Bonchev–Trinajstić information content (AvgIpc) is 2.72. The third kappa shape index (κ3) is 2.75. The summed E-state index contributed by atoms with van der Waals surface area (Å²) in [5, 5.41) is 9.07. The van der Waals surface area contributed by atoms with Crippen molar-refractivity contribution in [1.29, 1.82) is 0 Å². The fraction of sp³-hybridized carbons (Fsp3) is 0.0833.